The van der Waals surface area contributed by atoms with Crippen LogP contribution in [0.15, 0.2) is 22.7 Å². The molecule has 2 atom stereocenters. The van der Waals surface area contributed by atoms with Crippen LogP contribution in [-0.2, 0) is 0 Å². The molecule has 0 amide bonds. The van der Waals surface area contributed by atoms with Crippen LogP contribution in [-0.4, -0.2) is 14.2 Å². The number of nitrogens with one attached hydrogen (secondary N) is 1. The third-order valence-electron chi connectivity index (χ3n) is 3.51. The van der Waals surface area contributed by atoms with E-state index in [-0.39, 0.29) is 0 Å². The summed E-state index contributed by atoms with van der Waals surface area (Å²) < 4.78 is 6.60. The summed E-state index contributed by atoms with van der Waals surface area (Å²) in [6.45, 7) is 9.24. The molecule has 1 rings (SSSR count). The van der Waals surface area contributed by atoms with Crippen LogP contribution >= 0.6 is 15.9 Å². The molecule has 2 nitrogen and oxygen atoms in total. The molecule has 0 fully saturated rings. The molecule has 0 bridgehead atoms. The van der Waals surface area contributed by atoms with Crippen LogP contribution in [0, 0.1) is 11.3 Å². The van der Waals surface area contributed by atoms with Crippen molar-refractivity contribution >= 4 is 15.9 Å². The van der Waals surface area contributed by atoms with Crippen molar-refractivity contribution < 1.29 is 4.74 Å². The van der Waals surface area contributed by atoms with Gasteiger partial charge < -0.3 is 10.1 Å². The van der Waals surface area contributed by atoms with Crippen molar-refractivity contribution in [3.8, 4) is 5.75 Å². The van der Waals surface area contributed by atoms with Gasteiger partial charge in [-0.25, -0.2) is 0 Å². The molecular formula is C17H28BrNO. The highest BCUT2D eigenvalue weighted by atomic mass is 79.9. The Morgan fingerprint density at radius 1 is 1.30 bits per heavy atom. The van der Waals surface area contributed by atoms with E-state index in [1.54, 1.807) is 7.11 Å². The fraction of sp³-hybridized carbons (Fsp3) is 0.647. The highest BCUT2D eigenvalue weighted by Gasteiger charge is 2.21. The van der Waals surface area contributed by atoms with Crippen molar-refractivity contribution in [3.05, 3.63) is 28.2 Å². The number of rotatable bonds is 6. The molecule has 0 heterocycles. The highest BCUT2D eigenvalue weighted by Crippen LogP contribution is 2.34. The molecule has 0 saturated carbocycles. The second kappa shape index (κ2) is 7.46. The molecule has 114 valence electrons. The van der Waals surface area contributed by atoms with E-state index in [0.717, 1.165) is 16.6 Å². The molecule has 1 aromatic carbocycles. The first kappa shape index (κ1) is 17.5. The summed E-state index contributed by atoms with van der Waals surface area (Å²) in [7, 11) is 3.76. The molecule has 1 N–H and O–H groups in total. The second-order valence-electron chi connectivity index (χ2n) is 6.83. The summed E-state index contributed by atoms with van der Waals surface area (Å²) in [6.07, 6.45) is 2.34. The van der Waals surface area contributed by atoms with E-state index >= 15 is 0 Å². The summed E-state index contributed by atoms with van der Waals surface area (Å²) in [6, 6.07) is 6.52. The normalized spacial score (nSPS) is 14.9. The van der Waals surface area contributed by atoms with E-state index in [2.05, 4.69) is 55.0 Å². The van der Waals surface area contributed by atoms with Crippen LogP contribution in [0.1, 0.15) is 52.1 Å². The van der Waals surface area contributed by atoms with Gasteiger partial charge in [0.25, 0.3) is 0 Å². The lowest BCUT2D eigenvalue weighted by molar-refractivity contribution is 0.277. The third kappa shape index (κ3) is 5.45. The number of methoxy groups -OCH3 is 1. The Labute approximate surface area is 132 Å². The maximum Gasteiger partial charge on any atom is 0.123 e. The standard InChI is InChI=1S/C17H28BrNO/c1-12(11-17(2,3)4)9-15(19-5)14-10-13(18)7-8-16(14)20-6/h7-8,10,12,15,19H,9,11H2,1-6H3. The molecule has 0 radical (unpaired) electrons. The van der Waals surface area contributed by atoms with E-state index in [4.69, 9.17) is 4.74 Å². The molecule has 2 unspecified atom stereocenters. The summed E-state index contributed by atoms with van der Waals surface area (Å²) in [5, 5.41) is 3.44. The van der Waals surface area contributed by atoms with Crippen molar-refractivity contribution in [1.82, 2.24) is 5.32 Å². The maximum atomic E-state index is 5.50. The van der Waals surface area contributed by atoms with Crippen LogP contribution in [0.3, 0.4) is 0 Å². The number of ether oxygens (including phenoxy) is 1. The van der Waals surface area contributed by atoms with Gasteiger partial charge in [-0.15, -0.1) is 0 Å². The zero-order chi connectivity index (χ0) is 15.3. The van der Waals surface area contributed by atoms with E-state index in [1.165, 1.54) is 12.0 Å². The minimum absolute atomic E-state index is 0.319. The zero-order valence-corrected chi connectivity index (χ0v) is 15.2. The minimum atomic E-state index is 0.319. The van der Waals surface area contributed by atoms with E-state index < -0.39 is 0 Å². The molecule has 0 aromatic heterocycles. The van der Waals surface area contributed by atoms with Crippen LogP contribution in [0.25, 0.3) is 0 Å². The first-order chi connectivity index (χ1) is 9.26. The summed E-state index contributed by atoms with van der Waals surface area (Å²) >= 11 is 3.55. The van der Waals surface area contributed by atoms with Gasteiger partial charge in [0.1, 0.15) is 5.75 Å². The Bertz CT molecular complexity index is 425. The molecule has 0 aliphatic heterocycles. The molecule has 0 saturated heterocycles. The number of benzene rings is 1. The SMILES string of the molecule is CNC(CC(C)CC(C)(C)C)c1cc(Br)ccc1OC. The largest absolute Gasteiger partial charge is 0.496 e. The maximum absolute atomic E-state index is 5.50. The summed E-state index contributed by atoms with van der Waals surface area (Å²) in [5.74, 6) is 1.62. The van der Waals surface area contributed by atoms with E-state index in [9.17, 15) is 0 Å². The van der Waals surface area contributed by atoms with Crippen LogP contribution < -0.4 is 10.1 Å². The van der Waals surface area contributed by atoms with Gasteiger partial charge in [0.15, 0.2) is 0 Å². The predicted molar refractivity (Wildman–Crippen MR) is 90.3 cm³/mol. The lowest BCUT2D eigenvalue weighted by Gasteiger charge is -2.27. The predicted octanol–water partition coefficient (Wildman–Crippen LogP) is 5.18. The lowest BCUT2D eigenvalue weighted by Crippen LogP contribution is -2.22. The van der Waals surface area contributed by atoms with E-state index in [0.29, 0.717) is 17.4 Å². The van der Waals surface area contributed by atoms with Crippen LogP contribution in [0.2, 0.25) is 0 Å². The quantitative estimate of drug-likeness (QED) is 0.769. The van der Waals surface area contributed by atoms with Gasteiger partial charge in [0.2, 0.25) is 0 Å². The third-order valence-corrected chi connectivity index (χ3v) is 4.01. The first-order valence-electron chi connectivity index (χ1n) is 7.27. The van der Waals surface area contributed by atoms with E-state index in [1.807, 2.05) is 19.2 Å². The molecule has 0 aliphatic rings. The summed E-state index contributed by atoms with van der Waals surface area (Å²) in [4.78, 5) is 0. The number of halogens is 1. The lowest BCUT2D eigenvalue weighted by atomic mass is 9.82. The Morgan fingerprint density at radius 2 is 1.95 bits per heavy atom. The average Bonchev–Trinajstić information content (AvgIpc) is 2.33. The topological polar surface area (TPSA) is 21.3 Å². The Balaban J connectivity index is 2.88. The Kier molecular flexibility index (Phi) is 6.53. The van der Waals surface area contributed by atoms with Crippen LogP contribution in [0.4, 0.5) is 0 Å². The van der Waals surface area contributed by atoms with Crippen molar-refractivity contribution in [2.45, 2.75) is 46.6 Å². The highest BCUT2D eigenvalue weighted by molar-refractivity contribution is 9.10. The Morgan fingerprint density at radius 3 is 2.45 bits per heavy atom. The molecule has 0 spiro atoms. The average molecular weight is 342 g/mol. The van der Waals surface area contributed by atoms with Gasteiger partial charge >= 0.3 is 0 Å². The van der Waals surface area contributed by atoms with Crippen molar-refractivity contribution in [3.63, 3.8) is 0 Å². The van der Waals surface area contributed by atoms with Gasteiger partial charge in [-0.2, -0.15) is 0 Å². The number of hydrogen-bond acceptors (Lipinski definition) is 2. The van der Waals surface area contributed by atoms with Gasteiger partial charge in [0.05, 0.1) is 7.11 Å². The molecular weight excluding hydrogens is 314 g/mol. The first-order valence-corrected chi connectivity index (χ1v) is 8.07. The Hall–Kier alpha value is -0.540. The van der Waals surface area contributed by atoms with Gasteiger partial charge in [0, 0.05) is 16.1 Å². The minimum Gasteiger partial charge on any atom is -0.496 e. The van der Waals surface area contributed by atoms with Gasteiger partial charge in [-0.1, -0.05) is 43.6 Å². The molecule has 20 heavy (non-hydrogen) atoms. The van der Waals surface area contributed by atoms with Crippen molar-refractivity contribution in [2.24, 2.45) is 11.3 Å². The monoisotopic (exact) mass is 341 g/mol. The zero-order valence-electron chi connectivity index (χ0n) is 13.6. The van der Waals surface area contributed by atoms with Crippen LogP contribution in [0.5, 0.6) is 5.75 Å². The molecule has 0 aliphatic carbocycles. The van der Waals surface area contributed by atoms with Gasteiger partial charge in [-0.05, 0) is 49.4 Å². The van der Waals surface area contributed by atoms with Crippen molar-refractivity contribution in [2.75, 3.05) is 14.2 Å². The fourth-order valence-electron chi connectivity index (χ4n) is 2.91. The molecule has 3 heteroatoms. The number of hydrogen-bond donors (Lipinski definition) is 1. The van der Waals surface area contributed by atoms with Crippen molar-refractivity contribution in [1.29, 1.82) is 0 Å². The summed E-state index contributed by atoms with van der Waals surface area (Å²) in [5.41, 5.74) is 1.60. The molecule has 1 aromatic rings. The second-order valence-corrected chi connectivity index (χ2v) is 7.75. The smallest absolute Gasteiger partial charge is 0.123 e. The van der Waals surface area contributed by atoms with Gasteiger partial charge in [-0.3, -0.25) is 0 Å². The fourth-order valence-corrected chi connectivity index (χ4v) is 3.29.